The number of amides is 1. The SMILES string of the molecule is COc1cccc([C@H]2CN(C(=O)c3ccccc3)[C@@H]3CCN(C4CCCCC4)C[C@H]23)c1. The first-order valence-corrected chi connectivity index (χ1v) is 12.0. The molecule has 0 bridgehead atoms. The maximum atomic E-state index is 13.5. The predicted molar refractivity (Wildman–Crippen MR) is 124 cm³/mol. The summed E-state index contributed by atoms with van der Waals surface area (Å²) in [6, 6.07) is 19.4. The lowest BCUT2D eigenvalue weighted by Crippen LogP contribution is -2.51. The van der Waals surface area contributed by atoms with Gasteiger partial charge < -0.3 is 9.64 Å². The van der Waals surface area contributed by atoms with Crippen LogP contribution in [0.15, 0.2) is 54.6 Å². The molecule has 0 unspecified atom stereocenters. The molecule has 3 atom stereocenters. The smallest absolute Gasteiger partial charge is 0.254 e. The quantitative estimate of drug-likeness (QED) is 0.704. The highest BCUT2D eigenvalue weighted by atomic mass is 16.5. The van der Waals surface area contributed by atoms with E-state index in [1.54, 1.807) is 7.11 Å². The summed E-state index contributed by atoms with van der Waals surface area (Å²) in [4.78, 5) is 18.4. The lowest BCUT2D eigenvalue weighted by atomic mass is 9.80. The molecule has 2 aliphatic heterocycles. The van der Waals surface area contributed by atoms with Gasteiger partial charge in [0, 0.05) is 49.1 Å². The predicted octanol–water partition coefficient (Wildman–Crippen LogP) is 4.96. The minimum absolute atomic E-state index is 0.187. The maximum Gasteiger partial charge on any atom is 0.254 e. The number of hydrogen-bond acceptors (Lipinski definition) is 3. The summed E-state index contributed by atoms with van der Waals surface area (Å²) in [7, 11) is 1.73. The van der Waals surface area contributed by atoms with Crippen LogP contribution in [0.2, 0.25) is 0 Å². The van der Waals surface area contributed by atoms with Gasteiger partial charge in [0.2, 0.25) is 0 Å². The summed E-state index contributed by atoms with van der Waals surface area (Å²) in [5, 5.41) is 0. The van der Waals surface area contributed by atoms with Crippen molar-refractivity contribution in [1.29, 1.82) is 0 Å². The molecule has 1 aliphatic carbocycles. The molecular weight excluding hydrogens is 384 g/mol. The number of ether oxygens (including phenoxy) is 1. The van der Waals surface area contributed by atoms with Gasteiger partial charge in [0.05, 0.1) is 7.11 Å². The Morgan fingerprint density at radius 2 is 1.74 bits per heavy atom. The maximum absolute atomic E-state index is 13.5. The van der Waals surface area contributed by atoms with Crippen molar-refractivity contribution in [2.24, 2.45) is 5.92 Å². The molecule has 0 aromatic heterocycles. The van der Waals surface area contributed by atoms with E-state index in [1.807, 2.05) is 36.4 Å². The van der Waals surface area contributed by atoms with E-state index in [-0.39, 0.29) is 5.91 Å². The number of methoxy groups -OCH3 is 1. The summed E-state index contributed by atoms with van der Waals surface area (Å²) in [5.74, 6) is 1.93. The fourth-order valence-electron chi connectivity index (χ4n) is 6.24. The Balaban J connectivity index is 1.43. The number of nitrogens with zero attached hydrogens (tertiary/aromatic N) is 2. The molecular formula is C27H34N2O2. The Bertz CT molecular complexity index is 893. The second kappa shape index (κ2) is 9.04. The standard InChI is InChI=1S/C27H34N2O2/c1-31-23-14-8-11-21(17-23)24-19-29(27(30)20-9-4-2-5-10-20)26-15-16-28(18-25(24)26)22-12-6-3-7-13-22/h2,4-5,8-11,14,17,22,24-26H,3,6-7,12-13,15-16,18-19H2,1H3/t24-,25-,26-/m1/s1. The molecule has 0 spiro atoms. The van der Waals surface area contributed by atoms with Gasteiger partial charge in [-0.05, 0) is 49.1 Å². The molecule has 164 valence electrons. The number of benzene rings is 2. The van der Waals surface area contributed by atoms with Gasteiger partial charge in [-0.25, -0.2) is 0 Å². The zero-order valence-corrected chi connectivity index (χ0v) is 18.6. The Morgan fingerprint density at radius 1 is 0.935 bits per heavy atom. The van der Waals surface area contributed by atoms with Crippen LogP contribution in [0.3, 0.4) is 0 Å². The van der Waals surface area contributed by atoms with E-state index >= 15 is 0 Å². The lowest BCUT2D eigenvalue weighted by molar-refractivity contribution is 0.0495. The van der Waals surface area contributed by atoms with Crippen LogP contribution in [-0.2, 0) is 0 Å². The summed E-state index contributed by atoms with van der Waals surface area (Å²) < 4.78 is 5.52. The highest BCUT2D eigenvalue weighted by molar-refractivity contribution is 5.94. The van der Waals surface area contributed by atoms with Gasteiger partial charge in [-0.15, -0.1) is 0 Å². The van der Waals surface area contributed by atoms with Crippen molar-refractivity contribution in [2.45, 2.75) is 56.5 Å². The average molecular weight is 419 g/mol. The van der Waals surface area contributed by atoms with E-state index in [4.69, 9.17) is 4.74 Å². The third kappa shape index (κ3) is 4.10. The van der Waals surface area contributed by atoms with Crippen LogP contribution in [0.1, 0.15) is 60.4 Å². The van der Waals surface area contributed by atoms with Crippen LogP contribution in [0.25, 0.3) is 0 Å². The van der Waals surface area contributed by atoms with Crippen molar-refractivity contribution >= 4 is 5.91 Å². The van der Waals surface area contributed by atoms with Crippen LogP contribution in [0.5, 0.6) is 5.75 Å². The van der Waals surface area contributed by atoms with Gasteiger partial charge in [0.1, 0.15) is 5.75 Å². The molecule has 4 heteroatoms. The minimum Gasteiger partial charge on any atom is -0.497 e. The Hall–Kier alpha value is -2.33. The van der Waals surface area contributed by atoms with Crippen molar-refractivity contribution in [2.75, 3.05) is 26.7 Å². The molecule has 0 N–H and O–H groups in total. The van der Waals surface area contributed by atoms with Gasteiger partial charge in [-0.3, -0.25) is 9.69 Å². The van der Waals surface area contributed by atoms with E-state index < -0.39 is 0 Å². The van der Waals surface area contributed by atoms with E-state index in [0.717, 1.165) is 43.4 Å². The van der Waals surface area contributed by atoms with E-state index in [1.165, 1.54) is 37.7 Å². The van der Waals surface area contributed by atoms with Crippen LogP contribution >= 0.6 is 0 Å². The largest absolute Gasteiger partial charge is 0.497 e. The van der Waals surface area contributed by atoms with Gasteiger partial charge in [0.15, 0.2) is 0 Å². The van der Waals surface area contributed by atoms with Crippen molar-refractivity contribution in [1.82, 2.24) is 9.80 Å². The number of likely N-dealkylation sites (tertiary alicyclic amines) is 2. The van der Waals surface area contributed by atoms with Gasteiger partial charge in [-0.1, -0.05) is 49.6 Å². The summed E-state index contributed by atoms with van der Waals surface area (Å²) in [6.45, 7) is 3.03. The molecule has 4 nitrogen and oxygen atoms in total. The molecule has 5 rings (SSSR count). The lowest BCUT2D eigenvalue weighted by Gasteiger charge is -2.43. The van der Waals surface area contributed by atoms with E-state index in [2.05, 4.69) is 28.0 Å². The van der Waals surface area contributed by atoms with Crippen molar-refractivity contribution in [3.8, 4) is 5.75 Å². The van der Waals surface area contributed by atoms with Crippen molar-refractivity contribution in [3.05, 3.63) is 65.7 Å². The first-order valence-electron chi connectivity index (χ1n) is 12.0. The van der Waals surface area contributed by atoms with Crippen LogP contribution in [-0.4, -0.2) is 54.5 Å². The van der Waals surface area contributed by atoms with Crippen LogP contribution in [0, 0.1) is 5.92 Å². The fraction of sp³-hybridized carbons (Fsp3) is 0.519. The topological polar surface area (TPSA) is 32.8 Å². The molecule has 1 amide bonds. The third-order valence-corrected chi connectivity index (χ3v) is 7.86. The molecule has 1 saturated carbocycles. The highest BCUT2D eigenvalue weighted by Crippen LogP contribution is 2.43. The van der Waals surface area contributed by atoms with E-state index in [0.29, 0.717) is 17.9 Å². The summed E-state index contributed by atoms with van der Waals surface area (Å²) in [5.41, 5.74) is 2.12. The minimum atomic E-state index is 0.187. The normalized spacial score (nSPS) is 27.1. The zero-order valence-electron chi connectivity index (χ0n) is 18.6. The Labute approximate surface area is 186 Å². The number of carbonyl (C=O) groups is 1. The number of hydrogen-bond donors (Lipinski definition) is 0. The molecule has 31 heavy (non-hydrogen) atoms. The monoisotopic (exact) mass is 418 g/mol. The zero-order chi connectivity index (χ0) is 21.2. The van der Waals surface area contributed by atoms with Crippen LogP contribution in [0.4, 0.5) is 0 Å². The number of fused-ring (bicyclic) bond motifs is 1. The molecule has 2 aromatic carbocycles. The molecule has 2 heterocycles. The number of piperidine rings is 1. The molecule has 3 aliphatic rings. The summed E-state index contributed by atoms with van der Waals surface area (Å²) >= 11 is 0. The Morgan fingerprint density at radius 3 is 2.52 bits per heavy atom. The van der Waals surface area contributed by atoms with Gasteiger partial charge in [-0.2, -0.15) is 0 Å². The van der Waals surface area contributed by atoms with Crippen molar-refractivity contribution < 1.29 is 9.53 Å². The fourth-order valence-corrected chi connectivity index (χ4v) is 6.24. The average Bonchev–Trinajstić information content (AvgIpc) is 3.23. The molecule has 2 saturated heterocycles. The first kappa shape index (κ1) is 20.6. The third-order valence-electron chi connectivity index (χ3n) is 7.86. The van der Waals surface area contributed by atoms with Gasteiger partial charge in [0.25, 0.3) is 5.91 Å². The number of carbonyl (C=O) groups excluding carboxylic acids is 1. The van der Waals surface area contributed by atoms with Crippen molar-refractivity contribution in [3.63, 3.8) is 0 Å². The van der Waals surface area contributed by atoms with Gasteiger partial charge >= 0.3 is 0 Å². The first-order chi connectivity index (χ1) is 15.2. The number of rotatable bonds is 4. The second-order valence-corrected chi connectivity index (χ2v) is 9.51. The Kier molecular flexibility index (Phi) is 5.99. The summed E-state index contributed by atoms with van der Waals surface area (Å²) in [6.07, 6.45) is 7.89. The molecule has 0 radical (unpaired) electrons. The second-order valence-electron chi connectivity index (χ2n) is 9.51. The highest BCUT2D eigenvalue weighted by Gasteiger charge is 2.48. The molecule has 2 aromatic rings. The van der Waals surface area contributed by atoms with Crippen LogP contribution < -0.4 is 4.74 Å². The molecule has 3 fully saturated rings. The van der Waals surface area contributed by atoms with E-state index in [9.17, 15) is 4.79 Å².